The van der Waals surface area contributed by atoms with Crippen molar-refractivity contribution < 1.29 is 18.7 Å². The van der Waals surface area contributed by atoms with E-state index in [1.54, 1.807) is 22.4 Å². The fourth-order valence-corrected chi connectivity index (χ4v) is 4.42. The van der Waals surface area contributed by atoms with E-state index in [1.165, 1.54) is 28.4 Å². The molecule has 0 radical (unpaired) electrons. The molecule has 1 aliphatic rings. The van der Waals surface area contributed by atoms with Crippen molar-refractivity contribution in [2.45, 2.75) is 26.1 Å². The molecule has 33 heavy (non-hydrogen) atoms. The quantitative estimate of drug-likeness (QED) is 0.532. The fourth-order valence-electron chi connectivity index (χ4n) is 3.83. The molecule has 8 heteroatoms. The summed E-state index contributed by atoms with van der Waals surface area (Å²) in [4.78, 5) is 33.7. The van der Waals surface area contributed by atoms with Crippen molar-refractivity contribution in [2.75, 3.05) is 26.2 Å². The summed E-state index contributed by atoms with van der Waals surface area (Å²) >= 11 is 1.40. The third-order valence-corrected chi connectivity index (χ3v) is 6.31. The fraction of sp³-hybridized carbons (Fsp3) is 0.320. The van der Waals surface area contributed by atoms with Gasteiger partial charge in [-0.15, -0.1) is 11.3 Å². The number of nitrogens with zero attached hydrogens (tertiary/aromatic N) is 3. The van der Waals surface area contributed by atoms with Gasteiger partial charge in [-0.25, -0.2) is 9.37 Å². The van der Waals surface area contributed by atoms with Crippen LogP contribution in [-0.2, 0) is 22.6 Å². The van der Waals surface area contributed by atoms with Crippen LogP contribution in [0.3, 0.4) is 0 Å². The minimum absolute atomic E-state index is 0.0238. The smallest absolute Gasteiger partial charge is 0.273 e. The molecule has 0 saturated carbocycles. The number of aryl methyl sites for hydroxylation is 1. The molecular weight excluding hydrogens is 441 g/mol. The first-order valence-corrected chi connectivity index (χ1v) is 11.7. The van der Waals surface area contributed by atoms with E-state index >= 15 is 0 Å². The molecule has 6 nitrogen and oxygen atoms in total. The van der Waals surface area contributed by atoms with Gasteiger partial charge in [-0.2, -0.15) is 0 Å². The van der Waals surface area contributed by atoms with Crippen LogP contribution in [0.4, 0.5) is 4.39 Å². The Morgan fingerprint density at radius 2 is 1.94 bits per heavy atom. The second-order valence-corrected chi connectivity index (χ2v) is 9.14. The van der Waals surface area contributed by atoms with Crippen molar-refractivity contribution >= 4 is 23.2 Å². The molecule has 0 spiro atoms. The van der Waals surface area contributed by atoms with Crippen LogP contribution in [0.5, 0.6) is 0 Å². The number of amides is 2. The predicted octanol–water partition coefficient (Wildman–Crippen LogP) is 3.70. The number of ether oxygens (including phenoxy) is 1. The minimum Gasteiger partial charge on any atom is -0.370 e. The van der Waals surface area contributed by atoms with Crippen LogP contribution in [0.2, 0.25) is 0 Å². The average Bonchev–Trinajstić information content (AvgIpc) is 3.18. The van der Waals surface area contributed by atoms with E-state index in [4.69, 9.17) is 4.74 Å². The molecule has 1 aromatic heterocycles. The Morgan fingerprint density at radius 1 is 1.15 bits per heavy atom. The molecule has 3 aromatic rings. The van der Waals surface area contributed by atoms with E-state index in [0.717, 1.165) is 10.6 Å². The highest BCUT2D eigenvalue weighted by molar-refractivity contribution is 7.09. The summed E-state index contributed by atoms with van der Waals surface area (Å²) in [5.74, 6) is -0.729. The first-order chi connectivity index (χ1) is 16.0. The van der Waals surface area contributed by atoms with Crippen LogP contribution < -0.4 is 0 Å². The zero-order chi connectivity index (χ0) is 23.2. The van der Waals surface area contributed by atoms with Crippen molar-refractivity contribution in [1.82, 2.24) is 14.8 Å². The second kappa shape index (κ2) is 10.7. The first kappa shape index (κ1) is 23.1. The van der Waals surface area contributed by atoms with Crippen LogP contribution >= 0.6 is 11.3 Å². The summed E-state index contributed by atoms with van der Waals surface area (Å²) < 4.78 is 19.6. The molecule has 0 bridgehead atoms. The maximum atomic E-state index is 13.6. The highest BCUT2D eigenvalue weighted by Crippen LogP contribution is 2.17. The first-order valence-electron chi connectivity index (χ1n) is 10.9. The Hall–Kier alpha value is -3.10. The Balaban J connectivity index is 1.49. The van der Waals surface area contributed by atoms with E-state index in [9.17, 15) is 14.0 Å². The van der Waals surface area contributed by atoms with Crippen LogP contribution in [0.15, 0.2) is 60.0 Å². The maximum absolute atomic E-state index is 13.6. The molecule has 1 saturated heterocycles. The summed E-state index contributed by atoms with van der Waals surface area (Å²) in [5.41, 5.74) is 2.18. The lowest BCUT2D eigenvalue weighted by Crippen LogP contribution is -2.40. The molecule has 2 amide bonds. The largest absolute Gasteiger partial charge is 0.370 e. The van der Waals surface area contributed by atoms with Gasteiger partial charge in [0.05, 0.1) is 17.7 Å². The van der Waals surface area contributed by atoms with E-state index in [1.807, 2.05) is 37.3 Å². The molecule has 1 aliphatic heterocycles. The van der Waals surface area contributed by atoms with Gasteiger partial charge in [0.25, 0.3) is 5.91 Å². The number of benzene rings is 2. The summed E-state index contributed by atoms with van der Waals surface area (Å²) in [5, 5.41) is 2.51. The maximum Gasteiger partial charge on any atom is 0.273 e. The second-order valence-electron chi connectivity index (χ2n) is 8.08. The van der Waals surface area contributed by atoms with E-state index in [2.05, 4.69) is 4.98 Å². The molecule has 1 fully saturated rings. The van der Waals surface area contributed by atoms with Gasteiger partial charge < -0.3 is 14.5 Å². The molecule has 2 aromatic carbocycles. The lowest BCUT2D eigenvalue weighted by atomic mass is 10.1. The summed E-state index contributed by atoms with van der Waals surface area (Å²) in [6, 6.07) is 16.2. The van der Waals surface area contributed by atoms with Crippen molar-refractivity contribution in [3.8, 4) is 0 Å². The molecule has 2 heterocycles. The van der Waals surface area contributed by atoms with Crippen molar-refractivity contribution in [3.63, 3.8) is 0 Å². The number of aromatic nitrogens is 1. The molecular formula is C25H26FN3O3S. The normalized spacial score (nSPS) is 16.7. The molecule has 172 valence electrons. The molecule has 0 aliphatic carbocycles. The number of carbonyl (C=O) groups is 2. The minimum atomic E-state index is -0.404. The molecule has 0 N–H and O–H groups in total. The summed E-state index contributed by atoms with van der Waals surface area (Å²) in [6.07, 6.45) is 0.307. The SMILES string of the molecule is Cc1nc(C(=O)N2CC(=O)N(CCc3ccccc3)CC(OCc3cccc(F)c3)C2)cs1. The number of halogens is 1. The zero-order valence-electron chi connectivity index (χ0n) is 18.4. The lowest BCUT2D eigenvalue weighted by Gasteiger charge is -2.25. The van der Waals surface area contributed by atoms with E-state index < -0.39 is 6.10 Å². The Kier molecular flexibility index (Phi) is 7.47. The molecule has 4 rings (SSSR count). The van der Waals surface area contributed by atoms with Crippen molar-refractivity contribution in [1.29, 1.82) is 0 Å². The van der Waals surface area contributed by atoms with Gasteiger partial charge in [-0.3, -0.25) is 9.59 Å². The number of hydrogen-bond acceptors (Lipinski definition) is 5. The number of thiazole rings is 1. The molecule has 1 atom stereocenters. The van der Waals surface area contributed by atoms with Crippen LogP contribution in [0.25, 0.3) is 0 Å². The standard InChI is InChI=1S/C25H26FN3O3S/c1-18-27-23(17-33-18)25(31)29-14-22(32-16-20-8-5-9-21(26)12-20)13-28(24(30)15-29)11-10-19-6-3-2-4-7-19/h2-9,12,17,22H,10-11,13-16H2,1H3. The third-order valence-electron chi connectivity index (χ3n) is 5.54. The van der Waals surface area contributed by atoms with Crippen LogP contribution in [0.1, 0.15) is 26.6 Å². The van der Waals surface area contributed by atoms with Crippen molar-refractivity contribution in [3.05, 3.63) is 87.6 Å². The van der Waals surface area contributed by atoms with Gasteiger partial charge >= 0.3 is 0 Å². The predicted molar refractivity (Wildman–Crippen MR) is 124 cm³/mol. The van der Waals surface area contributed by atoms with Gasteiger partial charge in [0.1, 0.15) is 18.1 Å². The number of rotatable bonds is 7. The van der Waals surface area contributed by atoms with Gasteiger partial charge in [0.2, 0.25) is 5.91 Å². The summed E-state index contributed by atoms with van der Waals surface area (Å²) in [7, 11) is 0. The van der Waals surface area contributed by atoms with Crippen LogP contribution in [0, 0.1) is 12.7 Å². The Bertz CT molecular complexity index is 1110. The van der Waals surface area contributed by atoms with Crippen molar-refractivity contribution in [2.24, 2.45) is 0 Å². The lowest BCUT2D eigenvalue weighted by molar-refractivity contribution is -0.131. The molecule has 1 unspecified atom stereocenters. The number of hydrogen-bond donors (Lipinski definition) is 0. The van der Waals surface area contributed by atoms with Crippen LogP contribution in [-0.4, -0.2) is 58.9 Å². The number of carbonyl (C=O) groups excluding carboxylic acids is 2. The van der Waals surface area contributed by atoms with E-state index in [-0.39, 0.29) is 37.3 Å². The topological polar surface area (TPSA) is 62.7 Å². The van der Waals surface area contributed by atoms with Gasteiger partial charge in [-0.1, -0.05) is 42.5 Å². The monoisotopic (exact) mass is 467 g/mol. The highest BCUT2D eigenvalue weighted by Gasteiger charge is 2.32. The van der Waals surface area contributed by atoms with Gasteiger partial charge in [0, 0.05) is 25.0 Å². The Labute approximate surface area is 196 Å². The van der Waals surface area contributed by atoms with E-state index in [0.29, 0.717) is 30.8 Å². The third kappa shape index (κ3) is 6.24. The summed E-state index contributed by atoms with van der Waals surface area (Å²) in [6.45, 7) is 3.16. The average molecular weight is 468 g/mol. The zero-order valence-corrected chi connectivity index (χ0v) is 19.3. The highest BCUT2D eigenvalue weighted by atomic mass is 32.1. The van der Waals surface area contributed by atoms with Gasteiger partial charge in [0.15, 0.2) is 0 Å². The van der Waals surface area contributed by atoms with Gasteiger partial charge in [-0.05, 0) is 36.6 Å². The Morgan fingerprint density at radius 3 is 2.67 bits per heavy atom.